The Morgan fingerprint density at radius 3 is 2.67 bits per heavy atom. The molecule has 0 aliphatic carbocycles. The minimum absolute atomic E-state index is 0.340. The van der Waals surface area contributed by atoms with Gasteiger partial charge in [-0.2, -0.15) is 0 Å². The lowest BCUT2D eigenvalue weighted by Gasteiger charge is -2.14. The van der Waals surface area contributed by atoms with Crippen LogP contribution < -0.4 is 4.74 Å². The van der Waals surface area contributed by atoms with Crippen LogP contribution in [0, 0.1) is 6.92 Å². The van der Waals surface area contributed by atoms with E-state index in [-0.39, 0.29) is 0 Å². The summed E-state index contributed by atoms with van der Waals surface area (Å²) in [6, 6.07) is 14.6. The van der Waals surface area contributed by atoms with Gasteiger partial charge in [0.05, 0.1) is 12.5 Å². The van der Waals surface area contributed by atoms with Crippen molar-refractivity contribution in [2.24, 2.45) is 0 Å². The van der Waals surface area contributed by atoms with Crippen molar-refractivity contribution in [3.05, 3.63) is 64.7 Å². The molecule has 0 spiro atoms. The summed E-state index contributed by atoms with van der Waals surface area (Å²) in [5, 5.41) is 9.90. The van der Waals surface area contributed by atoms with E-state index in [2.05, 4.69) is 0 Å². The molecule has 4 heteroatoms. The number of aryl methyl sites for hydroxylation is 1. The van der Waals surface area contributed by atoms with Crippen molar-refractivity contribution in [2.45, 2.75) is 19.3 Å². The van der Waals surface area contributed by atoms with Gasteiger partial charge in [0, 0.05) is 5.02 Å². The Balaban J connectivity index is 1.99. The van der Waals surface area contributed by atoms with Crippen molar-refractivity contribution in [2.75, 3.05) is 6.61 Å². The number of carbonyl (C=O) groups is 1. The van der Waals surface area contributed by atoms with E-state index < -0.39 is 11.9 Å². The standard InChI is InChI=1S/C17H17ClO3/c1-12-4-2-7-15(10-12)21-9-8-16(17(19)20)13-5-3-6-14(18)11-13/h2-7,10-11,16H,8-9H2,1H3,(H,19,20). The zero-order valence-electron chi connectivity index (χ0n) is 11.8. The third kappa shape index (κ3) is 4.50. The largest absolute Gasteiger partial charge is 0.494 e. The molecule has 0 aromatic heterocycles. The summed E-state index contributed by atoms with van der Waals surface area (Å²) >= 11 is 5.92. The fourth-order valence-corrected chi connectivity index (χ4v) is 2.35. The number of hydrogen-bond donors (Lipinski definition) is 1. The third-order valence-electron chi connectivity index (χ3n) is 3.21. The van der Waals surface area contributed by atoms with Crippen molar-refractivity contribution < 1.29 is 14.6 Å². The Hall–Kier alpha value is -2.00. The van der Waals surface area contributed by atoms with Crippen molar-refractivity contribution >= 4 is 17.6 Å². The first-order chi connectivity index (χ1) is 10.1. The molecule has 2 aromatic carbocycles. The van der Waals surface area contributed by atoms with Crippen molar-refractivity contribution in [1.29, 1.82) is 0 Å². The van der Waals surface area contributed by atoms with Crippen LogP contribution in [0.5, 0.6) is 5.75 Å². The maximum Gasteiger partial charge on any atom is 0.311 e. The fraction of sp³-hybridized carbons (Fsp3) is 0.235. The lowest BCUT2D eigenvalue weighted by molar-refractivity contribution is -0.139. The summed E-state index contributed by atoms with van der Waals surface area (Å²) < 4.78 is 5.62. The summed E-state index contributed by atoms with van der Waals surface area (Å²) in [7, 11) is 0. The maximum absolute atomic E-state index is 11.4. The summed E-state index contributed by atoms with van der Waals surface area (Å²) in [4.78, 5) is 11.4. The average Bonchev–Trinajstić information content (AvgIpc) is 2.43. The Morgan fingerprint density at radius 2 is 2.00 bits per heavy atom. The third-order valence-corrected chi connectivity index (χ3v) is 3.45. The number of carboxylic acids is 1. The molecular weight excluding hydrogens is 288 g/mol. The van der Waals surface area contributed by atoms with Crippen LogP contribution >= 0.6 is 11.6 Å². The second-order valence-electron chi connectivity index (χ2n) is 4.90. The molecule has 2 rings (SSSR count). The van der Waals surface area contributed by atoms with Crippen molar-refractivity contribution in [3.8, 4) is 5.75 Å². The highest BCUT2D eigenvalue weighted by molar-refractivity contribution is 6.30. The molecule has 0 aliphatic heterocycles. The Morgan fingerprint density at radius 1 is 1.24 bits per heavy atom. The van der Waals surface area contributed by atoms with Crippen LogP contribution in [-0.2, 0) is 4.79 Å². The number of carboxylic acid groups (broad SMARTS) is 1. The molecule has 0 radical (unpaired) electrons. The quantitative estimate of drug-likeness (QED) is 0.866. The van der Waals surface area contributed by atoms with Crippen molar-refractivity contribution in [1.82, 2.24) is 0 Å². The molecule has 1 atom stereocenters. The summed E-state index contributed by atoms with van der Waals surface area (Å²) in [5.41, 5.74) is 1.81. The first-order valence-electron chi connectivity index (χ1n) is 6.74. The number of hydrogen-bond acceptors (Lipinski definition) is 2. The average molecular weight is 305 g/mol. The molecule has 1 N–H and O–H groups in total. The molecule has 0 aliphatic rings. The van der Waals surface area contributed by atoms with E-state index in [1.165, 1.54) is 0 Å². The lowest BCUT2D eigenvalue weighted by Crippen LogP contribution is -2.15. The van der Waals surface area contributed by atoms with Gasteiger partial charge < -0.3 is 9.84 Å². The van der Waals surface area contributed by atoms with Gasteiger partial charge in [-0.25, -0.2) is 0 Å². The monoisotopic (exact) mass is 304 g/mol. The van der Waals surface area contributed by atoms with Gasteiger partial charge in [0.15, 0.2) is 0 Å². The number of ether oxygens (including phenoxy) is 1. The zero-order valence-corrected chi connectivity index (χ0v) is 12.5. The topological polar surface area (TPSA) is 46.5 Å². The number of aliphatic carboxylic acids is 1. The van der Waals surface area contributed by atoms with E-state index >= 15 is 0 Å². The maximum atomic E-state index is 11.4. The van der Waals surface area contributed by atoms with Crippen LogP contribution in [0.3, 0.4) is 0 Å². The van der Waals surface area contributed by atoms with Crippen molar-refractivity contribution in [3.63, 3.8) is 0 Å². The minimum atomic E-state index is -0.870. The summed E-state index contributed by atoms with van der Waals surface area (Å²) in [5.74, 6) is -0.733. The lowest BCUT2D eigenvalue weighted by atomic mass is 9.96. The molecule has 110 valence electrons. The van der Waals surface area contributed by atoms with E-state index in [1.807, 2.05) is 31.2 Å². The highest BCUT2D eigenvalue weighted by Crippen LogP contribution is 2.23. The molecule has 3 nitrogen and oxygen atoms in total. The van der Waals surface area contributed by atoms with Crippen LogP contribution in [-0.4, -0.2) is 17.7 Å². The predicted molar refractivity (Wildman–Crippen MR) is 83.1 cm³/mol. The van der Waals surface area contributed by atoms with E-state index in [1.54, 1.807) is 24.3 Å². The van der Waals surface area contributed by atoms with Gasteiger partial charge in [-0.15, -0.1) is 0 Å². The Kier molecular flexibility index (Phi) is 5.23. The molecule has 0 bridgehead atoms. The molecule has 1 unspecified atom stereocenters. The smallest absolute Gasteiger partial charge is 0.311 e. The van der Waals surface area contributed by atoms with E-state index in [0.29, 0.717) is 23.6 Å². The molecule has 0 amide bonds. The SMILES string of the molecule is Cc1cccc(OCCC(C(=O)O)c2cccc(Cl)c2)c1. The fourth-order valence-electron chi connectivity index (χ4n) is 2.16. The number of benzene rings is 2. The van der Waals surface area contributed by atoms with Crippen LogP contribution in [0.4, 0.5) is 0 Å². The van der Waals surface area contributed by atoms with Gasteiger partial charge in [-0.1, -0.05) is 35.9 Å². The minimum Gasteiger partial charge on any atom is -0.494 e. The molecule has 21 heavy (non-hydrogen) atoms. The molecule has 0 saturated carbocycles. The second-order valence-corrected chi connectivity index (χ2v) is 5.34. The molecular formula is C17H17ClO3. The molecule has 0 saturated heterocycles. The molecule has 2 aromatic rings. The highest BCUT2D eigenvalue weighted by Gasteiger charge is 2.20. The number of halogens is 1. The van der Waals surface area contributed by atoms with Gasteiger partial charge in [0.2, 0.25) is 0 Å². The number of rotatable bonds is 6. The van der Waals surface area contributed by atoms with E-state index in [4.69, 9.17) is 16.3 Å². The van der Waals surface area contributed by atoms with Gasteiger partial charge >= 0.3 is 5.97 Å². The van der Waals surface area contributed by atoms with Crippen LogP contribution in [0.25, 0.3) is 0 Å². The summed E-state index contributed by atoms with van der Waals surface area (Å²) in [6.07, 6.45) is 0.392. The Bertz CT molecular complexity index is 625. The van der Waals surface area contributed by atoms with Gasteiger partial charge in [-0.3, -0.25) is 4.79 Å². The first-order valence-corrected chi connectivity index (χ1v) is 7.12. The normalized spacial score (nSPS) is 11.9. The van der Waals surface area contributed by atoms with E-state index in [9.17, 15) is 9.90 Å². The Labute approximate surface area is 129 Å². The van der Waals surface area contributed by atoms with Crippen LogP contribution in [0.2, 0.25) is 5.02 Å². The molecule has 0 heterocycles. The first kappa shape index (κ1) is 15.4. The molecule has 0 fully saturated rings. The second kappa shape index (κ2) is 7.14. The van der Waals surface area contributed by atoms with Gasteiger partial charge in [0.1, 0.15) is 5.75 Å². The summed E-state index contributed by atoms with van der Waals surface area (Å²) in [6.45, 7) is 2.33. The van der Waals surface area contributed by atoms with Crippen LogP contribution in [0.15, 0.2) is 48.5 Å². The predicted octanol–water partition coefficient (Wildman–Crippen LogP) is 4.29. The highest BCUT2D eigenvalue weighted by atomic mass is 35.5. The van der Waals surface area contributed by atoms with E-state index in [0.717, 1.165) is 11.3 Å². The van der Waals surface area contributed by atoms with Gasteiger partial charge in [-0.05, 0) is 48.7 Å². The van der Waals surface area contributed by atoms with Crippen LogP contribution in [0.1, 0.15) is 23.5 Å². The zero-order chi connectivity index (χ0) is 15.2. The van der Waals surface area contributed by atoms with Gasteiger partial charge in [0.25, 0.3) is 0 Å².